The van der Waals surface area contributed by atoms with Gasteiger partial charge in [0.1, 0.15) is 0 Å². The van der Waals surface area contributed by atoms with E-state index in [0.29, 0.717) is 18.5 Å². The van der Waals surface area contributed by atoms with E-state index in [0.717, 1.165) is 12.0 Å². The molecule has 1 heterocycles. The van der Waals surface area contributed by atoms with Crippen molar-refractivity contribution in [2.45, 2.75) is 46.2 Å². The van der Waals surface area contributed by atoms with Crippen LogP contribution in [0.2, 0.25) is 0 Å². The first-order chi connectivity index (χ1) is 12.2. The highest BCUT2D eigenvalue weighted by Crippen LogP contribution is 2.29. The van der Waals surface area contributed by atoms with Crippen LogP contribution in [-0.4, -0.2) is 47.0 Å². The van der Waals surface area contributed by atoms with Gasteiger partial charge in [0, 0.05) is 31.2 Å². The molecule has 7 heteroatoms. The monoisotopic (exact) mass is 361 g/mol. The summed E-state index contributed by atoms with van der Waals surface area (Å²) in [5.41, 5.74) is 0.484. The largest absolute Gasteiger partial charge is 0.481 e. The molecule has 2 atom stereocenters. The molecule has 0 radical (unpaired) electrons. The molecule has 7 nitrogen and oxygen atoms in total. The first kappa shape index (κ1) is 19.8. The van der Waals surface area contributed by atoms with E-state index in [9.17, 15) is 19.5 Å². The van der Waals surface area contributed by atoms with Gasteiger partial charge in [-0.15, -0.1) is 0 Å². The van der Waals surface area contributed by atoms with Crippen molar-refractivity contribution in [3.63, 3.8) is 0 Å². The van der Waals surface area contributed by atoms with E-state index in [4.69, 9.17) is 0 Å². The van der Waals surface area contributed by atoms with Gasteiger partial charge in [-0.25, -0.2) is 4.79 Å². The van der Waals surface area contributed by atoms with Crippen LogP contribution in [-0.2, 0) is 11.3 Å². The Morgan fingerprint density at radius 1 is 1.35 bits per heavy atom. The van der Waals surface area contributed by atoms with Gasteiger partial charge in [0.15, 0.2) is 0 Å². The fraction of sp³-hybridized carbons (Fsp3) is 0.526. The zero-order chi connectivity index (χ0) is 19.3. The summed E-state index contributed by atoms with van der Waals surface area (Å²) in [6.45, 7) is 6.51. The number of amides is 3. The van der Waals surface area contributed by atoms with E-state index in [2.05, 4.69) is 10.6 Å². The second kappa shape index (κ2) is 8.21. The molecule has 26 heavy (non-hydrogen) atoms. The van der Waals surface area contributed by atoms with Gasteiger partial charge in [-0.1, -0.05) is 19.1 Å². The van der Waals surface area contributed by atoms with Crippen molar-refractivity contribution in [3.8, 4) is 0 Å². The number of hydrogen-bond donors (Lipinski definition) is 3. The minimum atomic E-state index is -0.884. The number of carbonyl (C=O) groups is 3. The molecule has 1 aromatic carbocycles. The number of carbonyl (C=O) groups excluding carboxylic acids is 2. The van der Waals surface area contributed by atoms with Gasteiger partial charge in [0.05, 0.1) is 5.41 Å². The van der Waals surface area contributed by atoms with Crippen molar-refractivity contribution >= 4 is 17.9 Å². The zero-order valence-corrected chi connectivity index (χ0v) is 15.5. The Balaban J connectivity index is 1.92. The van der Waals surface area contributed by atoms with Crippen LogP contribution < -0.4 is 10.6 Å². The first-order valence-electron chi connectivity index (χ1n) is 8.91. The second-order valence-corrected chi connectivity index (χ2v) is 7.18. The smallest absolute Gasteiger partial charge is 0.317 e. The minimum Gasteiger partial charge on any atom is -0.481 e. The summed E-state index contributed by atoms with van der Waals surface area (Å²) in [6.07, 6.45) is 1.30. The molecule has 1 aliphatic heterocycles. The number of urea groups is 1. The molecular weight excluding hydrogens is 334 g/mol. The van der Waals surface area contributed by atoms with Crippen molar-refractivity contribution in [2.24, 2.45) is 5.41 Å². The average molecular weight is 361 g/mol. The third kappa shape index (κ3) is 4.74. The molecule has 2 rings (SSSR count). The molecule has 1 saturated heterocycles. The summed E-state index contributed by atoms with van der Waals surface area (Å²) < 4.78 is 0. The van der Waals surface area contributed by atoms with Crippen LogP contribution in [0.4, 0.5) is 4.79 Å². The maximum absolute atomic E-state index is 12.3. The normalized spacial score (nSPS) is 20.5. The molecule has 0 spiro atoms. The van der Waals surface area contributed by atoms with Gasteiger partial charge < -0.3 is 20.6 Å². The second-order valence-electron chi connectivity index (χ2n) is 7.18. The number of rotatable bonds is 6. The van der Waals surface area contributed by atoms with Gasteiger partial charge in [-0.05, 0) is 44.4 Å². The predicted octanol–water partition coefficient (Wildman–Crippen LogP) is 2.22. The molecule has 1 fully saturated rings. The lowest BCUT2D eigenvalue weighted by Gasteiger charge is -2.20. The molecule has 0 aliphatic carbocycles. The minimum absolute atomic E-state index is 0.101. The average Bonchev–Trinajstić information content (AvgIpc) is 3.03. The number of carboxylic acid groups (broad SMARTS) is 1. The third-order valence-corrected chi connectivity index (χ3v) is 4.90. The van der Waals surface area contributed by atoms with E-state index < -0.39 is 11.4 Å². The van der Waals surface area contributed by atoms with Crippen molar-refractivity contribution < 1.29 is 19.5 Å². The standard InChI is InChI=1S/C19H27N3O4/c1-4-13(2)21-16(23)15-7-5-6-14(10-15)11-20-18(26)22-9-8-19(3,12-22)17(24)25/h5-7,10,13H,4,8-9,11-12H2,1-3H3,(H,20,26)(H,21,23)(H,24,25). The molecule has 1 aliphatic rings. The molecule has 0 saturated carbocycles. The molecule has 1 aromatic rings. The lowest BCUT2D eigenvalue weighted by Crippen LogP contribution is -2.40. The summed E-state index contributed by atoms with van der Waals surface area (Å²) in [4.78, 5) is 37.3. The molecule has 142 valence electrons. The molecule has 0 bridgehead atoms. The van der Waals surface area contributed by atoms with Crippen LogP contribution in [0.3, 0.4) is 0 Å². The van der Waals surface area contributed by atoms with Crippen molar-refractivity contribution in [3.05, 3.63) is 35.4 Å². The number of likely N-dealkylation sites (tertiary alicyclic amines) is 1. The zero-order valence-electron chi connectivity index (χ0n) is 15.5. The number of hydrogen-bond acceptors (Lipinski definition) is 3. The topological polar surface area (TPSA) is 98.7 Å². The number of nitrogens with zero attached hydrogens (tertiary/aromatic N) is 1. The van der Waals surface area contributed by atoms with Crippen LogP contribution >= 0.6 is 0 Å². The van der Waals surface area contributed by atoms with E-state index in [1.165, 1.54) is 4.90 Å². The Morgan fingerprint density at radius 2 is 2.08 bits per heavy atom. The first-order valence-corrected chi connectivity index (χ1v) is 8.91. The maximum Gasteiger partial charge on any atom is 0.317 e. The summed E-state index contributed by atoms with van der Waals surface area (Å²) in [6, 6.07) is 6.93. The lowest BCUT2D eigenvalue weighted by atomic mass is 9.90. The van der Waals surface area contributed by atoms with Crippen LogP contribution in [0.15, 0.2) is 24.3 Å². The van der Waals surface area contributed by atoms with E-state index in [1.807, 2.05) is 19.9 Å². The van der Waals surface area contributed by atoms with Crippen LogP contribution in [0.25, 0.3) is 0 Å². The molecule has 0 aromatic heterocycles. The SMILES string of the molecule is CCC(C)NC(=O)c1cccc(CNC(=O)N2CCC(C)(C(=O)O)C2)c1. The predicted molar refractivity (Wildman–Crippen MR) is 97.8 cm³/mol. The van der Waals surface area contributed by atoms with E-state index in [1.54, 1.807) is 25.1 Å². The summed E-state index contributed by atoms with van der Waals surface area (Å²) in [7, 11) is 0. The fourth-order valence-electron chi connectivity index (χ4n) is 2.83. The molecule has 2 unspecified atom stereocenters. The van der Waals surface area contributed by atoms with Gasteiger partial charge >= 0.3 is 12.0 Å². The van der Waals surface area contributed by atoms with Gasteiger partial charge in [-0.2, -0.15) is 0 Å². The molecular formula is C19H27N3O4. The van der Waals surface area contributed by atoms with Gasteiger partial charge in [0.25, 0.3) is 5.91 Å². The molecule has 3 N–H and O–H groups in total. The Labute approximate surface area is 153 Å². The van der Waals surface area contributed by atoms with Crippen LogP contribution in [0.1, 0.15) is 49.5 Å². The Morgan fingerprint density at radius 3 is 2.69 bits per heavy atom. The maximum atomic E-state index is 12.3. The number of carboxylic acids is 1. The van der Waals surface area contributed by atoms with E-state index >= 15 is 0 Å². The lowest BCUT2D eigenvalue weighted by molar-refractivity contribution is -0.147. The summed E-state index contributed by atoms with van der Waals surface area (Å²) in [5, 5.41) is 15.0. The highest BCUT2D eigenvalue weighted by atomic mass is 16.4. The fourth-order valence-corrected chi connectivity index (χ4v) is 2.83. The number of nitrogens with one attached hydrogen (secondary N) is 2. The Bertz CT molecular complexity index is 691. The van der Waals surface area contributed by atoms with Crippen molar-refractivity contribution in [1.29, 1.82) is 0 Å². The summed E-state index contributed by atoms with van der Waals surface area (Å²) >= 11 is 0. The quantitative estimate of drug-likeness (QED) is 0.723. The van der Waals surface area contributed by atoms with Gasteiger partial charge in [0.2, 0.25) is 0 Å². The van der Waals surface area contributed by atoms with E-state index in [-0.39, 0.29) is 31.1 Å². The number of benzene rings is 1. The third-order valence-electron chi connectivity index (χ3n) is 4.90. The van der Waals surface area contributed by atoms with Crippen LogP contribution in [0.5, 0.6) is 0 Å². The number of aliphatic carboxylic acids is 1. The Kier molecular flexibility index (Phi) is 6.23. The highest BCUT2D eigenvalue weighted by Gasteiger charge is 2.42. The van der Waals surface area contributed by atoms with Crippen molar-refractivity contribution in [2.75, 3.05) is 13.1 Å². The van der Waals surface area contributed by atoms with Crippen LogP contribution in [0, 0.1) is 5.41 Å². The summed E-state index contributed by atoms with van der Waals surface area (Å²) in [5.74, 6) is -1.02. The Hall–Kier alpha value is -2.57. The molecule has 3 amide bonds. The van der Waals surface area contributed by atoms with Gasteiger partial charge in [-0.3, -0.25) is 9.59 Å². The van der Waals surface area contributed by atoms with Crippen molar-refractivity contribution in [1.82, 2.24) is 15.5 Å². The highest BCUT2D eigenvalue weighted by molar-refractivity contribution is 5.94.